The summed E-state index contributed by atoms with van der Waals surface area (Å²) in [7, 11) is 3.59. The predicted octanol–water partition coefficient (Wildman–Crippen LogP) is 0.914. The molecule has 0 rings (SSSR count). The van der Waals surface area contributed by atoms with Gasteiger partial charge in [-0.2, -0.15) is 0 Å². The van der Waals surface area contributed by atoms with Gasteiger partial charge in [0.15, 0.2) is 0 Å². The van der Waals surface area contributed by atoms with Crippen LogP contribution >= 0.6 is 0 Å². The number of carbonyl (C=O) groups is 1. The largest absolute Gasteiger partial charge is 0.349 e. The lowest BCUT2D eigenvalue weighted by atomic mass is 10.0. The predicted molar refractivity (Wildman–Crippen MR) is 68.3 cm³/mol. The molecule has 0 saturated heterocycles. The second-order valence-electron chi connectivity index (χ2n) is 4.99. The van der Waals surface area contributed by atoms with Gasteiger partial charge in [-0.3, -0.25) is 9.69 Å². The molecule has 96 valence electrons. The van der Waals surface area contributed by atoms with E-state index in [0.29, 0.717) is 13.0 Å². The molecule has 0 spiro atoms. The summed E-state index contributed by atoms with van der Waals surface area (Å²) in [6.45, 7) is 8.96. The number of likely N-dealkylation sites (N-methyl/N-ethyl adjacent to an activating group) is 1. The van der Waals surface area contributed by atoms with E-state index in [2.05, 4.69) is 25.7 Å². The summed E-state index contributed by atoms with van der Waals surface area (Å²) >= 11 is 0. The van der Waals surface area contributed by atoms with E-state index >= 15 is 0 Å². The van der Waals surface area contributed by atoms with Crippen LogP contribution in [0.15, 0.2) is 0 Å². The van der Waals surface area contributed by atoms with Crippen LogP contribution in [0.3, 0.4) is 0 Å². The molecule has 0 radical (unpaired) electrons. The van der Waals surface area contributed by atoms with E-state index in [1.165, 1.54) is 0 Å². The van der Waals surface area contributed by atoms with E-state index in [1.54, 1.807) is 19.0 Å². The van der Waals surface area contributed by atoms with Crippen molar-refractivity contribution in [1.82, 2.24) is 9.80 Å². The molecule has 0 saturated carbocycles. The first-order chi connectivity index (χ1) is 7.35. The Hall–Kier alpha value is -0.610. The molecule has 0 bridgehead atoms. The Labute approximate surface area is 99.8 Å². The highest BCUT2D eigenvalue weighted by atomic mass is 16.2. The van der Waals surface area contributed by atoms with Gasteiger partial charge in [0, 0.05) is 32.6 Å². The van der Waals surface area contributed by atoms with Gasteiger partial charge in [-0.15, -0.1) is 0 Å². The molecular formula is C12H27N3O. The number of hydrogen-bond donors (Lipinski definition) is 1. The van der Waals surface area contributed by atoms with E-state index in [1.807, 2.05) is 0 Å². The van der Waals surface area contributed by atoms with Crippen LogP contribution in [0, 0.1) is 0 Å². The summed E-state index contributed by atoms with van der Waals surface area (Å²) in [5.74, 6) is 0.196. The zero-order chi connectivity index (χ0) is 12.8. The summed E-state index contributed by atoms with van der Waals surface area (Å²) in [6.07, 6.45) is 1.51. The SMILES string of the molecule is CCN(CCCC(=O)N(C)C)C(C)(C)CN. The van der Waals surface area contributed by atoms with Crippen LogP contribution in [0.25, 0.3) is 0 Å². The van der Waals surface area contributed by atoms with Gasteiger partial charge in [0.05, 0.1) is 0 Å². The molecule has 1 amide bonds. The monoisotopic (exact) mass is 229 g/mol. The maximum atomic E-state index is 11.4. The Balaban J connectivity index is 4.03. The van der Waals surface area contributed by atoms with Crippen LogP contribution in [0.4, 0.5) is 0 Å². The minimum Gasteiger partial charge on any atom is -0.349 e. The minimum atomic E-state index is 0.0237. The molecule has 0 aromatic heterocycles. The van der Waals surface area contributed by atoms with Gasteiger partial charge in [-0.1, -0.05) is 6.92 Å². The molecule has 0 aliphatic carbocycles. The van der Waals surface area contributed by atoms with Gasteiger partial charge >= 0.3 is 0 Å². The molecular weight excluding hydrogens is 202 g/mol. The van der Waals surface area contributed by atoms with Crippen molar-refractivity contribution in [2.24, 2.45) is 5.73 Å². The van der Waals surface area contributed by atoms with Crippen LogP contribution in [-0.4, -0.2) is 55.0 Å². The third-order valence-corrected chi connectivity index (χ3v) is 3.05. The van der Waals surface area contributed by atoms with Crippen molar-refractivity contribution in [2.75, 3.05) is 33.7 Å². The molecule has 0 atom stereocenters. The molecule has 0 aliphatic heterocycles. The van der Waals surface area contributed by atoms with Crippen molar-refractivity contribution in [3.8, 4) is 0 Å². The maximum absolute atomic E-state index is 11.4. The molecule has 4 nitrogen and oxygen atoms in total. The molecule has 0 aromatic carbocycles. The van der Waals surface area contributed by atoms with E-state index < -0.39 is 0 Å². The fourth-order valence-electron chi connectivity index (χ4n) is 1.66. The highest BCUT2D eigenvalue weighted by Crippen LogP contribution is 2.13. The summed E-state index contributed by atoms with van der Waals surface area (Å²) in [5, 5.41) is 0. The van der Waals surface area contributed by atoms with Crippen molar-refractivity contribution in [1.29, 1.82) is 0 Å². The van der Waals surface area contributed by atoms with Crippen LogP contribution in [0.1, 0.15) is 33.6 Å². The molecule has 0 unspecified atom stereocenters. The van der Waals surface area contributed by atoms with Crippen molar-refractivity contribution in [3.05, 3.63) is 0 Å². The van der Waals surface area contributed by atoms with Gasteiger partial charge in [-0.05, 0) is 33.4 Å². The highest BCUT2D eigenvalue weighted by molar-refractivity contribution is 5.75. The number of nitrogens with two attached hydrogens (primary N) is 1. The summed E-state index contributed by atoms with van der Waals surface area (Å²) in [5.41, 5.74) is 5.77. The topological polar surface area (TPSA) is 49.6 Å². The fourth-order valence-corrected chi connectivity index (χ4v) is 1.66. The zero-order valence-electron chi connectivity index (χ0n) is 11.4. The summed E-state index contributed by atoms with van der Waals surface area (Å²) < 4.78 is 0. The Morgan fingerprint density at radius 3 is 2.25 bits per heavy atom. The molecule has 16 heavy (non-hydrogen) atoms. The fraction of sp³-hybridized carbons (Fsp3) is 0.917. The zero-order valence-corrected chi connectivity index (χ0v) is 11.4. The first-order valence-electron chi connectivity index (χ1n) is 6.00. The van der Waals surface area contributed by atoms with Crippen LogP contribution < -0.4 is 5.73 Å². The smallest absolute Gasteiger partial charge is 0.222 e. The Morgan fingerprint density at radius 2 is 1.88 bits per heavy atom. The second kappa shape index (κ2) is 6.86. The minimum absolute atomic E-state index is 0.0237. The number of nitrogens with zero attached hydrogens (tertiary/aromatic N) is 2. The standard InChI is InChI=1S/C12H27N3O/c1-6-15(12(2,3)10-13)9-7-8-11(16)14(4)5/h6-10,13H2,1-5H3. The number of amides is 1. The van der Waals surface area contributed by atoms with Crippen LogP contribution in [0.5, 0.6) is 0 Å². The van der Waals surface area contributed by atoms with E-state index in [-0.39, 0.29) is 11.4 Å². The Kier molecular flexibility index (Phi) is 6.60. The maximum Gasteiger partial charge on any atom is 0.222 e. The molecule has 0 aromatic rings. The first-order valence-corrected chi connectivity index (χ1v) is 6.00. The highest BCUT2D eigenvalue weighted by Gasteiger charge is 2.23. The summed E-state index contributed by atoms with van der Waals surface area (Å²) in [6, 6.07) is 0. The van der Waals surface area contributed by atoms with Gasteiger partial charge in [0.1, 0.15) is 0 Å². The third-order valence-electron chi connectivity index (χ3n) is 3.05. The lowest BCUT2D eigenvalue weighted by molar-refractivity contribution is -0.128. The quantitative estimate of drug-likeness (QED) is 0.706. The van der Waals surface area contributed by atoms with E-state index in [9.17, 15) is 4.79 Å². The lowest BCUT2D eigenvalue weighted by Gasteiger charge is -2.37. The number of rotatable bonds is 7. The van der Waals surface area contributed by atoms with Crippen molar-refractivity contribution >= 4 is 5.91 Å². The van der Waals surface area contributed by atoms with E-state index in [0.717, 1.165) is 19.5 Å². The van der Waals surface area contributed by atoms with Crippen molar-refractivity contribution < 1.29 is 4.79 Å². The van der Waals surface area contributed by atoms with Crippen LogP contribution in [0.2, 0.25) is 0 Å². The number of carbonyl (C=O) groups excluding carboxylic acids is 1. The van der Waals surface area contributed by atoms with Gasteiger partial charge < -0.3 is 10.6 Å². The first kappa shape index (κ1) is 15.4. The van der Waals surface area contributed by atoms with Crippen molar-refractivity contribution in [3.63, 3.8) is 0 Å². The van der Waals surface area contributed by atoms with Crippen LogP contribution in [-0.2, 0) is 4.79 Å². The van der Waals surface area contributed by atoms with Gasteiger partial charge in [0.2, 0.25) is 5.91 Å². The molecule has 4 heteroatoms. The Morgan fingerprint density at radius 1 is 1.31 bits per heavy atom. The van der Waals surface area contributed by atoms with E-state index in [4.69, 9.17) is 5.73 Å². The van der Waals surface area contributed by atoms with Crippen molar-refractivity contribution in [2.45, 2.75) is 39.2 Å². The third kappa shape index (κ3) is 4.94. The molecule has 0 aliphatic rings. The molecule has 2 N–H and O–H groups in total. The molecule has 0 heterocycles. The second-order valence-corrected chi connectivity index (χ2v) is 4.99. The lowest BCUT2D eigenvalue weighted by Crippen LogP contribution is -2.49. The van der Waals surface area contributed by atoms with Gasteiger partial charge in [0.25, 0.3) is 0 Å². The average molecular weight is 229 g/mol. The summed E-state index contributed by atoms with van der Waals surface area (Å²) in [4.78, 5) is 15.4. The number of hydrogen-bond acceptors (Lipinski definition) is 3. The molecule has 0 fully saturated rings. The normalized spacial score (nSPS) is 11.9. The average Bonchev–Trinajstić information content (AvgIpc) is 2.23. The van der Waals surface area contributed by atoms with Gasteiger partial charge in [-0.25, -0.2) is 0 Å². The Bertz CT molecular complexity index is 214.